The van der Waals surface area contributed by atoms with Gasteiger partial charge in [-0.1, -0.05) is 57.0 Å². The van der Waals surface area contributed by atoms with E-state index in [-0.39, 0.29) is 24.2 Å². The van der Waals surface area contributed by atoms with E-state index >= 15 is 0 Å². The van der Waals surface area contributed by atoms with Gasteiger partial charge in [-0.2, -0.15) is 0 Å². The number of nitrogens with one attached hydrogen (secondary N) is 1. The SMILES string of the molecule is CC1CCCC(NC(=O)C(CN)c2ccccc2)C1C.Cl. The summed E-state index contributed by atoms with van der Waals surface area (Å²) in [5.74, 6) is 1.06. The van der Waals surface area contributed by atoms with E-state index in [0.717, 1.165) is 12.0 Å². The van der Waals surface area contributed by atoms with Gasteiger partial charge in [0, 0.05) is 12.6 Å². The zero-order valence-corrected chi connectivity index (χ0v) is 13.7. The van der Waals surface area contributed by atoms with Gasteiger partial charge in [-0.25, -0.2) is 0 Å². The van der Waals surface area contributed by atoms with Crippen molar-refractivity contribution in [1.29, 1.82) is 0 Å². The van der Waals surface area contributed by atoms with Crippen LogP contribution in [0.25, 0.3) is 0 Å². The van der Waals surface area contributed by atoms with Gasteiger partial charge in [-0.3, -0.25) is 4.79 Å². The minimum atomic E-state index is -0.236. The highest BCUT2D eigenvalue weighted by Crippen LogP contribution is 2.30. The zero-order chi connectivity index (χ0) is 14.5. The Morgan fingerprint density at radius 1 is 1.29 bits per heavy atom. The average molecular weight is 311 g/mol. The molecule has 4 heteroatoms. The van der Waals surface area contributed by atoms with E-state index in [9.17, 15) is 4.79 Å². The maximum absolute atomic E-state index is 12.5. The Morgan fingerprint density at radius 2 is 1.95 bits per heavy atom. The van der Waals surface area contributed by atoms with Crippen molar-refractivity contribution < 1.29 is 4.79 Å². The minimum Gasteiger partial charge on any atom is -0.353 e. The van der Waals surface area contributed by atoms with Crippen LogP contribution in [0.15, 0.2) is 30.3 Å². The van der Waals surface area contributed by atoms with Crippen LogP contribution in [0.3, 0.4) is 0 Å². The molecule has 2 rings (SSSR count). The van der Waals surface area contributed by atoms with E-state index in [4.69, 9.17) is 5.73 Å². The lowest BCUT2D eigenvalue weighted by molar-refractivity contribution is -0.123. The van der Waals surface area contributed by atoms with Crippen molar-refractivity contribution in [2.24, 2.45) is 17.6 Å². The van der Waals surface area contributed by atoms with Gasteiger partial charge in [-0.05, 0) is 23.8 Å². The van der Waals surface area contributed by atoms with Crippen LogP contribution in [0.4, 0.5) is 0 Å². The molecule has 1 aromatic carbocycles. The van der Waals surface area contributed by atoms with Gasteiger partial charge in [-0.15, -0.1) is 12.4 Å². The van der Waals surface area contributed by atoms with Crippen molar-refractivity contribution >= 4 is 18.3 Å². The Hall–Kier alpha value is -1.06. The molecule has 0 spiro atoms. The molecule has 0 aromatic heterocycles. The maximum atomic E-state index is 12.5. The number of halogens is 1. The summed E-state index contributed by atoms with van der Waals surface area (Å²) >= 11 is 0. The van der Waals surface area contributed by atoms with E-state index in [1.54, 1.807) is 0 Å². The first-order valence-corrected chi connectivity index (χ1v) is 7.69. The molecule has 21 heavy (non-hydrogen) atoms. The Labute approximate surface area is 134 Å². The highest BCUT2D eigenvalue weighted by atomic mass is 35.5. The molecule has 0 aliphatic heterocycles. The summed E-state index contributed by atoms with van der Waals surface area (Å²) in [5.41, 5.74) is 6.82. The largest absolute Gasteiger partial charge is 0.353 e. The third-order valence-corrected chi connectivity index (χ3v) is 4.79. The Bertz CT molecular complexity index is 438. The van der Waals surface area contributed by atoms with Crippen LogP contribution in [0.2, 0.25) is 0 Å². The highest BCUT2D eigenvalue weighted by Gasteiger charge is 2.30. The molecule has 1 aliphatic rings. The van der Waals surface area contributed by atoms with E-state index in [1.807, 2.05) is 30.3 Å². The van der Waals surface area contributed by atoms with Gasteiger partial charge in [0.2, 0.25) is 5.91 Å². The number of hydrogen-bond donors (Lipinski definition) is 2. The van der Waals surface area contributed by atoms with Crippen LogP contribution in [-0.2, 0) is 4.79 Å². The van der Waals surface area contributed by atoms with Crippen molar-refractivity contribution in [2.75, 3.05) is 6.54 Å². The summed E-state index contributed by atoms with van der Waals surface area (Å²) in [6, 6.07) is 10.1. The predicted molar refractivity (Wildman–Crippen MR) is 89.6 cm³/mol. The molecular weight excluding hydrogens is 284 g/mol. The molecule has 0 saturated heterocycles. The fourth-order valence-corrected chi connectivity index (χ4v) is 3.15. The lowest BCUT2D eigenvalue weighted by atomic mass is 9.78. The molecule has 3 N–H and O–H groups in total. The molecule has 1 fully saturated rings. The van der Waals surface area contributed by atoms with E-state index in [1.165, 1.54) is 12.8 Å². The summed E-state index contributed by atoms with van der Waals surface area (Å²) in [6.45, 7) is 4.88. The highest BCUT2D eigenvalue weighted by molar-refractivity contribution is 5.85. The van der Waals surface area contributed by atoms with Gasteiger partial charge in [0.1, 0.15) is 0 Å². The molecule has 1 aliphatic carbocycles. The first-order chi connectivity index (χ1) is 9.63. The van der Waals surface area contributed by atoms with E-state index in [2.05, 4.69) is 19.2 Å². The van der Waals surface area contributed by atoms with Crippen LogP contribution < -0.4 is 11.1 Å². The van der Waals surface area contributed by atoms with Gasteiger partial charge in [0.05, 0.1) is 5.92 Å². The van der Waals surface area contributed by atoms with Crippen molar-refractivity contribution in [3.63, 3.8) is 0 Å². The monoisotopic (exact) mass is 310 g/mol. The predicted octanol–water partition coefficient (Wildman–Crippen LogP) is 3.09. The zero-order valence-electron chi connectivity index (χ0n) is 12.9. The number of carbonyl (C=O) groups excluding carboxylic acids is 1. The molecule has 1 aromatic rings. The summed E-state index contributed by atoms with van der Waals surface area (Å²) < 4.78 is 0. The molecule has 4 atom stereocenters. The van der Waals surface area contributed by atoms with E-state index < -0.39 is 0 Å². The molecule has 4 unspecified atom stereocenters. The first-order valence-electron chi connectivity index (χ1n) is 7.69. The van der Waals surface area contributed by atoms with Crippen molar-refractivity contribution in [3.8, 4) is 0 Å². The van der Waals surface area contributed by atoms with Crippen LogP contribution in [0.5, 0.6) is 0 Å². The quantitative estimate of drug-likeness (QED) is 0.898. The molecule has 0 bridgehead atoms. The molecule has 0 heterocycles. The number of rotatable bonds is 4. The molecule has 118 valence electrons. The Balaban J connectivity index is 0.00000220. The number of benzene rings is 1. The fraction of sp³-hybridized carbons (Fsp3) is 0.588. The van der Waals surface area contributed by atoms with Crippen LogP contribution in [0.1, 0.15) is 44.6 Å². The maximum Gasteiger partial charge on any atom is 0.229 e. The standard InChI is InChI=1S/C17H26N2O.ClH/c1-12-7-6-10-16(13(12)2)19-17(20)15(11-18)14-8-4-3-5-9-14;/h3-5,8-9,12-13,15-16H,6-7,10-11,18H2,1-2H3,(H,19,20);1H. The van der Waals surface area contributed by atoms with E-state index in [0.29, 0.717) is 24.4 Å². The average Bonchev–Trinajstić information content (AvgIpc) is 2.46. The fourth-order valence-electron chi connectivity index (χ4n) is 3.15. The first kappa shape index (κ1) is 18.0. The minimum absolute atomic E-state index is 0. The second-order valence-electron chi connectivity index (χ2n) is 6.08. The molecule has 0 radical (unpaired) electrons. The van der Waals surface area contributed by atoms with Gasteiger partial charge in [0.15, 0.2) is 0 Å². The van der Waals surface area contributed by atoms with Crippen molar-refractivity contribution in [3.05, 3.63) is 35.9 Å². The lowest BCUT2D eigenvalue weighted by Crippen LogP contribution is -2.46. The van der Waals surface area contributed by atoms with Crippen LogP contribution in [-0.4, -0.2) is 18.5 Å². The number of hydrogen-bond acceptors (Lipinski definition) is 2. The van der Waals surface area contributed by atoms with Crippen molar-refractivity contribution in [2.45, 2.75) is 45.1 Å². The second-order valence-corrected chi connectivity index (χ2v) is 6.08. The summed E-state index contributed by atoms with van der Waals surface area (Å²) in [6.07, 6.45) is 3.56. The van der Waals surface area contributed by atoms with Gasteiger partial charge >= 0.3 is 0 Å². The topological polar surface area (TPSA) is 55.1 Å². The molecule has 1 saturated carbocycles. The Morgan fingerprint density at radius 3 is 2.57 bits per heavy atom. The summed E-state index contributed by atoms with van der Waals surface area (Å²) in [7, 11) is 0. The van der Waals surface area contributed by atoms with Gasteiger partial charge < -0.3 is 11.1 Å². The van der Waals surface area contributed by atoms with Crippen molar-refractivity contribution in [1.82, 2.24) is 5.32 Å². The molecule has 1 amide bonds. The molecular formula is C17H27ClN2O. The van der Waals surface area contributed by atoms with Crippen LogP contribution >= 0.6 is 12.4 Å². The summed E-state index contributed by atoms with van der Waals surface area (Å²) in [4.78, 5) is 12.5. The second kappa shape index (κ2) is 8.40. The number of carbonyl (C=O) groups is 1. The number of amides is 1. The molecule has 3 nitrogen and oxygen atoms in total. The Kier molecular flexibility index (Phi) is 7.20. The smallest absolute Gasteiger partial charge is 0.229 e. The van der Waals surface area contributed by atoms with Gasteiger partial charge in [0.25, 0.3) is 0 Å². The van der Waals surface area contributed by atoms with Crippen LogP contribution in [0, 0.1) is 11.8 Å². The lowest BCUT2D eigenvalue weighted by Gasteiger charge is -2.35. The normalized spacial score (nSPS) is 26.5. The third kappa shape index (κ3) is 4.45. The summed E-state index contributed by atoms with van der Waals surface area (Å²) in [5, 5.41) is 3.23. The third-order valence-electron chi connectivity index (χ3n) is 4.79. The number of nitrogens with two attached hydrogens (primary N) is 1.